The molecular formula is C19H19NO5. The SMILES string of the molecule is CCOc1ccccc1OCC(=O)N1CC(C(=O)O)c2ccccc21. The van der Waals surface area contributed by atoms with Crippen molar-refractivity contribution in [2.45, 2.75) is 12.8 Å². The number of carboxylic acid groups (broad SMARTS) is 1. The largest absolute Gasteiger partial charge is 0.490 e. The number of nitrogens with zero attached hydrogens (tertiary/aromatic N) is 1. The lowest BCUT2D eigenvalue weighted by atomic mass is 10.0. The minimum atomic E-state index is -0.939. The highest BCUT2D eigenvalue weighted by molar-refractivity contribution is 5.99. The summed E-state index contributed by atoms with van der Waals surface area (Å²) in [6, 6.07) is 14.2. The van der Waals surface area contributed by atoms with Crippen molar-refractivity contribution in [2.75, 3.05) is 24.7 Å². The molecule has 1 unspecified atom stereocenters. The molecule has 1 N–H and O–H groups in total. The van der Waals surface area contributed by atoms with Crippen LogP contribution in [0.1, 0.15) is 18.4 Å². The maximum Gasteiger partial charge on any atom is 0.312 e. The molecule has 6 nitrogen and oxygen atoms in total. The van der Waals surface area contributed by atoms with Crippen molar-refractivity contribution >= 4 is 17.6 Å². The maximum absolute atomic E-state index is 12.6. The summed E-state index contributed by atoms with van der Waals surface area (Å²) in [4.78, 5) is 25.5. The van der Waals surface area contributed by atoms with E-state index in [1.165, 1.54) is 4.90 Å². The lowest BCUT2D eigenvalue weighted by Crippen LogP contribution is -2.35. The first-order valence-electron chi connectivity index (χ1n) is 8.08. The van der Waals surface area contributed by atoms with E-state index in [0.717, 1.165) is 0 Å². The molecule has 0 spiro atoms. The Morgan fingerprint density at radius 2 is 1.72 bits per heavy atom. The van der Waals surface area contributed by atoms with Crippen LogP contribution in [0.4, 0.5) is 5.69 Å². The quantitative estimate of drug-likeness (QED) is 0.874. The highest BCUT2D eigenvalue weighted by Gasteiger charge is 2.36. The van der Waals surface area contributed by atoms with Crippen LogP contribution in [-0.4, -0.2) is 36.7 Å². The van der Waals surface area contributed by atoms with Gasteiger partial charge in [-0.25, -0.2) is 0 Å². The minimum Gasteiger partial charge on any atom is -0.490 e. The Bertz CT molecular complexity index is 789. The van der Waals surface area contributed by atoms with E-state index in [9.17, 15) is 14.7 Å². The molecule has 0 aromatic heterocycles. The van der Waals surface area contributed by atoms with Crippen LogP contribution < -0.4 is 14.4 Å². The fourth-order valence-corrected chi connectivity index (χ4v) is 2.92. The first kappa shape index (κ1) is 16.8. The molecule has 3 rings (SSSR count). The van der Waals surface area contributed by atoms with E-state index in [4.69, 9.17) is 9.47 Å². The summed E-state index contributed by atoms with van der Waals surface area (Å²) in [5, 5.41) is 9.38. The predicted molar refractivity (Wildman–Crippen MR) is 92.3 cm³/mol. The Balaban J connectivity index is 1.74. The van der Waals surface area contributed by atoms with E-state index < -0.39 is 11.9 Å². The van der Waals surface area contributed by atoms with Crippen molar-refractivity contribution in [3.8, 4) is 11.5 Å². The highest BCUT2D eigenvalue weighted by atomic mass is 16.5. The number of anilines is 1. The van der Waals surface area contributed by atoms with Crippen molar-refractivity contribution in [1.29, 1.82) is 0 Å². The molecule has 1 heterocycles. The Kier molecular flexibility index (Phi) is 4.88. The molecule has 25 heavy (non-hydrogen) atoms. The third-order valence-corrected chi connectivity index (χ3v) is 4.07. The number of hydrogen-bond acceptors (Lipinski definition) is 4. The summed E-state index contributed by atoms with van der Waals surface area (Å²) in [6.07, 6.45) is 0. The van der Waals surface area contributed by atoms with Crippen LogP contribution >= 0.6 is 0 Å². The van der Waals surface area contributed by atoms with Gasteiger partial charge in [0.25, 0.3) is 5.91 Å². The molecule has 1 aliphatic heterocycles. The van der Waals surface area contributed by atoms with Crippen molar-refractivity contribution in [3.05, 3.63) is 54.1 Å². The second-order valence-electron chi connectivity index (χ2n) is 5.62. The summed E-state index contributed by atoms with van der Waals surface area (Å²) in [5.74, 6) is -0.883. The normalized spacial score (nSPS) is 15.6. The van der Waals surface area contributed by atoms with Crippen LogP contribution in [0.3, 0.4) is 0 Å². The van der Waals surface area contributed by atoms with Gasteiger partial charge in [0.1, 0.15) is 5.92 Å². The fourth-order valence-electron chi connectivity index (χ4n) is 2.92. The third kappa shape index (κ3) is 3.42. The Labute approximate surface area is 145 Å². The summed E-state index contributed by atoms with van der Waals surface area (Å²) in [5.41, 5.74) is 1.28. The van der Waals surface area contributed by atoms with Gasteiger partial charge in [-0.3, -0.25) is 9.59 Å². The molecule has 2 aromatic rings. The van der Waals surface area contributed by atoms with Crippen LogP contribution in [-0.2, 0) is 9.59 Å². The van der Waals surface area contributed by atoms with Crippen LogP contribution in [0.25, 0.3) is 0 Å². The zero-order valence-electron chi connectivity index (χ0n) is 13.8. The minimum absolute atomic E-state index is 0.115. The molecule has 6 heteroatoms. The number of carbonyl (C=O) groups is 2. The van der Waals surface area contributed by atoms with Gasteiger partial charge in [0.15, 0.2) is 18.1 Å². The highest BCUT2D eigenvalue weighted by Crippen LogP contribution is 2.36. The number of benzene rings is 2. The van der Waals surface area contributed by atoms with Gasteiger partial charge < -0.3 is 19.5 Å². The van der Waals surface area contributed by atoms with E-state index in [1.54, 1.807) is 42.5 Å². The smallest absolute Gasteiger partial charge is 0.312 e. The van der Waals surface area contributed by atoms with E-state index in [-0.39, 0.29) is 19.1 Å². The summed E-state index contributed by atoms with van der Waals surface area (Å²) in [6.45, 7) is 2.29. The van der Waals surface area contributed by atoms with Crippen LogP contribution in [0.15, 0.2) is 48.5 Å². The molecule has 130 valence electrons. The van der Waals surface area contributed by atoms with E-state index in [1.807, 2.05) is 13.0 Å². The van der Waals surface area contributed by atoms with Crippen molar-refractivity contribution in [1.82, 2.24) is 0 Å². The first-order chi connectivity index (χ1) is 12.1. The standard InChI is InChI=1S/C19H19NO5/c1-2-24-16-9-5-6-10-17(16)25-12-18(21)20-11-14(19(22)23)13-7-3-4-8-15(13)20/h3-10,14H,2,11-12H2,1H3,(H,22,23). The van der Waals surface area contributed by atoms with Gasteiger partial charge in [-0.1, -0.05) is 30.3 Å². The number of amides is 1. The van der Waals surface area contributed by atoms with Crippen LogP contribution in [0, 0.1) is 0 Å². The van der Waals surface area contributed by atoms with Gasteiger partial charge in [-0.2, -0.15) is 0 Å². The number of rotatable bonds is 6. The Morgan fingerprint density at radius 1 is 1.08 bits per heavy atom. The zero-order valence-corrected chi connectivity index (χ0v) is 13.8. The lowest BCUT2D eigenvalue weighted by molar-refractivity contribution is -0.138. The van der Waals surface area contributed by atoms with Crippen LogP contribution in [0.2, 0.25) is 0 Å². The summed E-state index contributed by atoms with van der Waals surface area (Å²) < 4.78 is 11.1. The van der Waals surface area contributed by atoms with E-state index in [2.05, 4.69) is 0 Å². The molecule has 0 radical (unpaired) electrons. The molecule has 1 amide bonds. The molecule has 0 saturated heterocycles. The van der Waals surface area contributed by atoms with Crippen LogP contribution in [0.5, 0.6) is 11.5 Å². The topological polar surface area (TPSA) is 76.1 Å². The van der Waals surface area contributed by atoms with E-state index in [0.29, 0.717) is 29.4 Å². The first-order valence-corrected chi connectivity index (χ1v) is 8.08. The lowest BCUT2D eigenvalue weighted by Gasteiger charge is -2.18. The molecule has 0 saturated carbocycles. The summed E-state index contributed by atoms with van der Waals surface area (Å²) in [7, 11) is 0. The number of carboxylic acids is 1. The molecular weight excluding hydrogens is 322 g/mol. The third-order valence-electron chi connectivity index (χ3n) is 4.07. The molecule has 0 fully saturated rings. The van der Waals surface area contributed by atoms with Gasteiger partial charge in [-0.05, 0) is 30.7 Å². The average molecular weight is 341 g/mol. The van der Waals surface area contributed by atoms with Gasteiger partial charge >= 0.3 is 5.97 Å². The Morgan fingerprint density at radius 3 is 2.40 bits per heavy atom. The molecule has 1 atom stereocenters. The zero-order chi connectivity index (χ0) is 17.8. The van der Waals surface area contributed by atoms with Crippen molar-refractivity contribution < 1.29 is 24.2 Å². The number of para-hydroxylation sites is 3. The van der Waals surface area contributed by atoms with Gasteiger partial charge in [0.2, 0.25) is 0 Å². The second kappa shape index (κ2) is 7.25. The van der Waals surface area contributed by atoms with Gasteiger partial charge in [-0.15, -0.1) is 0 Å². The maximum atomic E-state index is 12.6. The van der Waals surface area contributed by atoms with Crippen molar-refractivity contribution in [3.63, 3.8) is 0 Å². The number of fused-ring (bicyclic) bond motifs is 1. The van der Waals surface area contributed by atoms with Gasteiger partial charge in [0.05, 0.1) is 6.61 Å². The Hall–Kier alpha value is -3.02. The molecule has 2 aromatic carbocycles. The van der Waals surface area contributed by atoms with Crippen molar-refractivity contribution in [2.24, 2.45) is 0 Å². The monoisotopic (exact) mass is 341 g/mol. The van der Waals surface area contributed by atoms with E-state index >= 15 is 0 Å². The number of carbonyl (C=O) groups excluding carboxylic acids is 1. The predicted octanol–water partition coefficient (Wildman–Crippen LogP) is 2.68. The summed E-state index contributed by atoms with van der Waals surface area (Å²) >= 11 is 0. The average Bonchev–Trinajstić information content (AvgIpc) is 3.01. The molecule has 1 aliphatic rings. The number of ether oxygens (including phenoxy) is 2. The fraction of sp³-hybridized carbons (Fsp3) is 0.263. The van der Waals surface area contributed by atoms with Gasteiger partial charge in [0, 0.05) is 12.2 Å². The number of aliphatic carboxylic acids is 1. The second-order valence-corrected chi connectivity index (χ2v) is 5.62. The molecule has 0 aliphatic carbocycles. The molecule has 0 bridgehead atoms. The number of hydrogen-bond donors (Lipinski definition) is 1.